The maximum absolute atomic E-state index is 11.8. The SMILES string of the molecule is COC(=O)Cc1[nH]c(CO[Si](C)(C)C(C)(C)C)nc1Sc1cccc(Cl)c1. The lowest BCUT2D eigenvalue weighted by Gasteiger charge is -2.35. The average molecular weight is 427 g/mol. The van der Waals surface area contributed by atoms with E-state index in [4.69, 9.17) is 20.8 Å². The Bertz CT molecular complexity index is 802. The number of H-pyrrole nitrogens is 1. The van der Waals surface area contributed by atoms with Crippen molar-refractivity contribution < 1.29 is 14.0 Å². The minimum absolute atomic E-state index is 0.118. The fourth-order valence-corrected chi connectivity index (χ4v) is 4.19. The van der Waals surface area contributed by atoms with Gasteiger partial charge >= 0.3 is 5.97 Å². The molecule has 0 aliphatic carbocycles. The van der Waals surface area contributed by atoms with E-state index >= 15 is 0 Å². The number of ether oxygens (including phenoxy) is 1. The number of imidazole rings is 1. The molecule has 0 bridgehead atoms. The highest BCUT2D eigenvalue weighted by Crippen LogP contribution is 2.37. The van der Waals surface area contributed by atoms with E-state index in [1.807, 2.05) is 24.3 Å². The highest BCUT2D eigenvalue weighted by atomic mass is 35.5. The lowest BCUT2D eigenvalue weighted by Crippen LogP contribution is -2.40. The van der Waals surface area contributed by atoms with Crippen LogP contribution in [0.2, 0.25) is 23.2 Å². The number of carbonyl (C=O) groups is 1. The van der Waals surface area contributed by atoms with Crippen molar-refractivity contribution in [3.63, 3.8) is 0 Å². The normalized spacial score (nSPS) is 12.3. The molecule has 2 rings (SSSR count). The lowest BCUT2D eigenvalue weighted by molar-refractivity contribution is -0.139. The minimum Gasteiger partial charge on any atom is -0.469 e. The zero-order chi connectivity index (χ0) is 20.2. The van der Waals surface area contributed by atoms with E-state index in [-0.39, 0.29) is 17.4 Å². The summed E-state index contributed by atoms with van der Waals surface area (Å²) in [7, 11) is -0.513. The molecule has 27 heavy (non-hydrogen) atoms. The standard InChI is InChI=1S/C19H27ClN2O3SSi/c1-19(2,3)27(5,6)25-12-16-21-15(11-17(23)24-4)18(22-16)26-14-9-7-8-13(20)10-14/h7-10H,11-12H2,1-6H3,(H,21,22). The van der Waals surface area contributed by atoms with Crippen LogP contribution < -0.4 is 0 Å². The van der Waals surface area contributed by atoms with E-state index < -0.39 is 8.32 Å². The molecule has 0 amide bonds. The van der Waals surface area contributed by atoms with E-state index in [1.54, 1.807) is 0 Å². The van der Waals surface area contributed by atoms with Crippen molar-refractivity contribution in [1.82, 2.24) is 9.97 Å². The zero-order valence-corrected chi connectivity index (χ0v) is 19.3. The van der Waals surface area contributed by atoms with Crippen LogP contribution in [0.25, 0.3) is 0 Å². The summed E-state index contributed by atoms with van der Waals surface area (Å²) in [6, 6.07) is 7.54. The van der Waals surface area contributed by atoms with Gasteiger partial charge in [0, 0.05) is 9.92 Å². The van der Waals surface area contributed by atoms with Crippen molar-refractivity contribution >= 4 is 37.6 Å². The summed E-state index contributed by atoms with van der Waals surface area (Å²) in [6.45, 7) is 11.4. The van der Waals surface area contributed by atoms with Crippen LogP contribution in [0.4, 0.5) is 0 Å². The molecule has 0 fully saturated rings. The van der Waals surface area contributed by atoms with Crippen molar-refractivity contribution in [3.05, 3.63) is 40.8 Å². The number of halogens is 1. The number of rotatable bonds is 7. The average Bonchev–Trinajstić information content (AvgIpc) is 2.93. The molecular weight excluding hydrogens is 400 g/mol. The maximum Gasteiger partial charge on any atom is 0.311 e. The molecule has 5 nitrogen and oxygen atoms in total. The van der Waals surface area contributed by atoms with Crippen LogP contribution in [0, 0.1) is 0 Å². The summed E-state index contributed by atoms with van der Waals surface area (Å²) in [5.41, 5.74) is 0.723. The molecule has 8 heteroatoms. The third kappa shape index (κ3) is 6.10. The first kappa shape index (κ1) is 22.0. The van der Waals surface area contributed by atoms with Gasteiger partial charge in [-0.1, -0.05) is 50.2 Å². The summed E-state index contributed by atoms with van der Waals surface area (Å²) in [4.78, 5) is 20.6. The Morgan fingerprint density at radius 1 is 1.33 bits per heavy atom. The Morgan fingerprint density at radius 3 is 2.63 bits per heavy atom. The molecule has 0 aliphatic heterocycles. The number of benzene rings is 1. The Kier molecular flexibility index (Phi) is 7.19. The van der Waals surface area contributed by atoms with Gasteiger partial charge < -0.3 is 14.1 Å². The first-order chi connectivity index (χ1) is 12.5. The third-order valence-corrected chi connectivity index (χ3v) is 10.5. The van der Waals surface area contributed by atoms with E-state index in [2.05, 4.69) is 43.8 Å². The van der Waals surface area contributed by atoms with Gasteiger partial charge in [-0.25, -0.2) is 4.98 Å². The molecule has 0 atom stereocenters. The van der Waals surface area contributed by atoms with E-state index in [1.165, 1.54) is 18.9 Å². The molecule has 1 aromatic heterocycles. The molecule has 0 saturated carbocycles. The predicted octanol–water partition coefficient (Wildman–Crippen LogP) is 5.45. The van der Waals surface area contributed by atoms with Crippen LogP contribution in [0.1, 0.15) is 32.3 Å². The summed E-state index contributed by atoms with van der Waals surface area (Å²) in [5.74, 6) is 0.395. The second-order valence-electron chi connectivity index (χ2n) is 7.83. The molecule has 1 aromatic carbocycles. The van der Waals surface area contributed by atoms with Crippen LogP contribution in [-0.2, 0) is 27.0 Å². The number of hydrogen-bond donors (Lipinski definition) is 1. The quantitative estimate of drug-likeness (QED) is 0.471. The summed E-state index contributed by atoms with van der Waals surface area (Å²) in [6.07, 6.45) is 0.131. The van der Waals surface area contributed by atoms with Crippen LogP contribution >= 0.6 is 23.4 Å². The molecular formula is C19H27ClN2O3SSi. The molecule has 1 heterocycles. The van der Waals surface area contributed by atoms with Gasteiger partial charge in [0.25, 0.3) is 0 Å². The Labute approximate surface area is 171 Å². The molecule has 0 unspecified atom stereocenters. The monoisotopic (exact) mass is 426 g/mol. The third-order valence-electron chi connectivity index (χ3n) is 4.73. The van der Waals surface area contributed by atoms with Gasteiger partial charge in [-0.15, -0.1) is 0 Å². The minimum atomic E-state index is -1.89. The first-order valence-electron chi connectivity index (χ1n) is 8.74. The Morgan fingerprint density at radius 2 is 2.04 bits per heavy atom. The number of nitrogens with one attached hydrogen (secondary N) is 1. The van der Waals surface area contributed by atoms with Crippen LogP contribution in [0.15, 0.2) is 34.2 Å². The molecule has 1 N–H and O–H groups in total. The largest absolute Gasteiger partial charge is 0.469 e. The molecule has 0 spiro atoms. The van der Waals surface area contributed by atoms with Gasteiger partial charge in [0.2, 0.25) is 0 Å². The lowest BCUT2D eigenvalue weighted by atomic mass is 10.2. The van der Waals surface area contributed by atoms with Gasteiger partial charge in [0.15, 0.2) is 8.32 Å². The molecule has 2 aromatic rings. The number of aromatic nitrogens is 2. The smallest absolute Gasteiger partial charge is 0.311 e. The molecule has 0 radical (unpaired) electrons. The maximum atomic E-state index is 11.8. The number of esters is 1. The Balaban J connectivity index is 2.23. The van der Waals surface area contributed by atoms with E-state index in [0.717, 1.165) is 15.6 Å². The van der Waals surface area contributed by atoms with Crippen LogP contribution in [0.5, 0.6) is 0 Å². The number of aromatic amines is 1. The zero-order valence-electron chi connectivity index (χ0n) is 16.7. The fraction of sp³-hybridized carbons (Fsp3) is 0.474. The second kappa shape index (κ2) is 8.81. The molecule has 0 saturated heterocycles. The van der Waals surface area contributed by atoms with Gasteiger partial charge in [-0.2, -0.15) is 0 Å². The number of methoxy groups -OCH3 is 1. The van der Waals surface area contributed by atoms with Crippen molar-refractivity contribution in [1.29, 1.82) is 0 Å². The molecule has 0 aliphatic rings. The van der Waals surface area contributed by atoms with E-state index in [9.17, 15) is 4.79 Å². The summed E-state index contributed by atoms with van der Waals surface area (Å²) < 4.78 is 11.1. The fourth-order valence-electron chi connectivity index (χ4n) is 2.04. The van der Waals surface area contributed by atoms with Crippen molar-refractivity contribution in [2.45, 2.75) is 61.9 Å². The van der Waals surface area contributed by atoms with Gasteiger partial charge in [-0.05, 0) is 36.3 Å². The number of nitrogens with zero attached hydrogens (tertiary/aromatic N) is 1. The predicted molar refractivity (Wildman–Crippen MR) is 112 cm³/mol. The van der Waals surface area contributed by atoms with Crippen molar-refractivity contribution in [3.8, 4) is 0 Å². The van der Waals surface area contributed by atoms with Crippen LogP contribution in [0.3, 0.4) is 0 Å². The summed E-state index contributed by atoms with van der Waals surface area (Å²) >= 11 is 7.54. The Hall–Kier alpha value is -1.28. The molecule has 148 valence electrons. The van der Waals surface area contributed by atoms with Gasteiger partial charge in [0.1, 0.15) is 10.9 Å². The highest BCUT2D eigenvalue weighted by Gasteiger charge is 2.37. The van der Waals surface area contributed by atoms with Gasteiger partial charge in [-0.3, -0.25) is 4.79 Å². The van der Waals surface area contributed by atoms with E-state index in [0.29, 0.717) is 17.5 Å². The topological polar surface area (TPSA) is 64.2 Å². The highest BCUT2D eigenvalue weighted by molar-refractivity contribution is 7.99. The van der Waals surface area contributed by atoms with Gasteiger partial charge in [0.05, 0.1) is 25.8 Å². The first-order valence-corrected chi connectivity index (χ1v) is 12.8. The second-order valence-corrected chi connectivity index (χ2v) is 14.1. The number of hydrogen-bond acceptors (Lipinski definition) is 5. The number of carbonyl (C=O) groups excluding carboxylic acids is 1. The van der Waals surface area contributed by atoms with Crippen LogP contribution in [-0.4, -0.2) is 31.4 Å². The van der Waals surface area contributed by atoms with Crippen molar-refractivity contribution in [2.75, 3.05) is 7.11 Å². The summed E-state index contributed by atoms with van der Waals surface area (Å²) in [5, 5.41) is 1.51. The van der Waals surface area contributed by atoms with Crippen molar-refractivity contribution in [2.24, 2.45) is 0 Å².